The molecule has 0 saturated carbocycles. The number of nitrogens with zero attached hydrogens (tertiary/aromatic N) is 3. The first-order chi connectivity index (χ1) is 16.5. The van der Waals surface area contributed by atoms with E-state index < -0.39 is 11.2 Å². The second-order valence-electron chi connectivity index (χ2n) is 8.12. The van der Waals surface area contributed by atoms with Gasteiger partial charge in [0.1, 0.15) is 0 Å². The predicted molar refractivity (Wildman–Crippen MR) is 125 cm³/mol. The van der Waals surface area contributed by atoms with Gasteiger partial charge in [-0.25, -0.2) is 4.79 Å². The summed E-state index contributed by atoms with van der Waals surface area (Å²) in [6.07, 6.45) is 1.46. The van der Waals surface area contributed by atoms with E-state index in [0.717, 1.165) is 5.56 Å². The SMILES string of the molecule is O=C(c1cccc(Cn2c(=O)[nH]c(=O)c3ccccc32)c1)N1CCN(C(=O)c2ccco2)CC1. The summed E-state index contributed by atoms with van der Waals surface area (Å²) in [5.74, 6) is -0.0270. The molecule has 1 fully saturated rings. The monoisotopic (exact) mass is 458 g/mol. The maximum atomic E-state index is 13.1. The number of nitrogens with one attached hydrogen (secondary N) is 1. The van der Waals surface area contributed by atoms with Gasteiger partial charge in [-0.3, -0.25) is 23.9 Å². The van der Waals surface area contributed by atoms with E-state index in [-0.39, 0.29) is 24.1 Å². The van der Waals surface area contributed by atoms with Gasteiger partial charge in [0, 0.05) is 31.7 Å². The van der Waals surface area contributed by atoms with Crippen molar-refractivity contribution in [2.24, 2.45) is 0 Å². The number of benzene rings is 2. The van der Waals surface area contributed by atoms with E-state index in [4.69, 9.17) is 4.42 Å². The fourth-order valence-corrected chi connectivity index (χ4v) is 4.24. The number of piperazine rings is 1. The molecule has 3 heterocycles. The normalized spacial score (nSPS) is 13.9. The van der Waals surface area contributed by atoms with E-state index in [1.165, 1.54) is 10.8 Å². The Bertz CT molecular complexity index is 1480. The Labute approximate surface area is 193 Å². The van der Waals surface area contributed by atoms with Crippen LogP contribution in [0.2, 0.25) is 0 Å². The molecule has 2 aromatic carbocycles. The molecule has 34 heavy (non-hydrogen) atoms. The molecule has 1 aliphatic rings. The molecule has 1 saturated heterocycles. The molecule has 4 aromatic rings. The van der Waals surface area contributed by atoms with Crippen molar-refractivity contribution in [3.63, 3.8) is 0 Å². The van der Waals surface area contributed by atoms with E-state index in [1.807, 2.05) is 6.07 Å². The Morgan fingerprint density at radius 3 is 2.32 bits per heavy atom. The smallest absolute Gasteiger partial charge is 0.329 e. The molecule has 0 bridgehead atoms. The van der Waals surface area contributed by atoms with Crippen molar-refractivity contribution in [2.75, 3.05) is 26.2 Å². The van der Waals surface area contributed by atoms with E-state index in [1.54, 1.807) is 64.4 Å². The van der Waals surface area contributed by atoms with Crippen molar-refractivity contribution >= 4 is 22.7 Å². The lowest BCUT2D eigenvalue weighted by Gasteiger charge is -2.34. The van der Waals surface area contributed by atoms with Gasteiger partial charge in [-0.1, -0.05) is 24.3 Å². The lowest BCUT2D eigenvalue weighted by atomic mass is 10.1. The molecular formula is C25H22N4O5. The minimum atomic E-state index is -0.502. The zero-order chi connectivity index (χ0) is 23.7. The van der Waals surface area contributed by atoms with Crippen molar-refractivity contribution in [1.82, 2.24) is 19.4 Å². The van der Waals surface area contributed by atoms with Crippen LogP contribution < -0.4 is 11.2 Å². The molecule has 0 spiro atoms. The van der Waals surface area contributed by atoms with Crippen LogP contribution in [0.4, 0.5) is 0 Å². The number of furan rings is 1. The van der Waals surface area contributed by atoms with Crippen LogP contribution in [0.25, 0.3) is 10.9 Å². The molecule has 1 aliphatic heterocycles. The number of aromatic amines is 1. The molecule has 9 heteroatoms. The fourth-order valence-electron chi connectivity index (χ4n) is 4.24. The number of hydrogen-bond acceptors (Lipinski definition) is 5. The Balaban J connectivity index is 1.32. The number of carbonyl (C=O) groups excluding carboxylic acids is 2. The van der Waals surface area contributed by atoms with Crippen molar-refractivity contribution in [3.05, 3.63) is 105 Å². The van der Waals surface area contributed by atoms with Crippen LogP contribution in [0.5, 0.6) is 0 Å². The highest BCUT2D eigenvalue weighted by atomic mass is 16.3. The van der Waals surface area contributed by atoms with Gasteiger partial charge in [0.2, 0.25) is 0 Å². The summed E-state index contributed by atoms with van der Waals surface area (Å²) in [6.45, 7) is 1.88. The van der Waals surface area contributed by atoms with E-state index in [9.17, 15) is 19.2 Å². The molecule has 172 valence electrons. The molecule has 0 radical (unpaired) electrons. The third-order valence-corrected chi connectivity index (χ3v) is 6.01. The van der Waals surface area contributed by atoms with Crippen molar-refractivity contribution in [1.29, 1.82) is 0 Å². The van der Waals surface area contributed by atoms with Crippen LogP contribution in [-0.4, -0.2) is 57.3 Å². The number of para-hydroxylation sites is 1. The number of H-pyrrole nitrogens is 1. The van der Waals surface area contributed by atoms with Crippen LogP contribution in [-0.2, 0) is 6.54 Å². The van der Waals surface area contributed by atoms with Gasteiger partial charge in [0.05, 0.1) is 23.7 Å². The first-order valence-corrected chi connectivity index (χ1v) is 10.9. The highest BCUT2D eigenvalue weighted by Crippen LogP contribution is 2.15. The topological polar surface area (TPSA) is 109 Å². The third kappa shape index (κ3) is 4.03. The van der Waals surface area contributed by atoms with Crippen LogP contribution in [0.3, 0.4) is 0 Å². The van der Waals surface area contributed by atoms with Crippen LogP contribution in [0, 0.1) is 0 Å². The van der Waals surface area contributed by atoms with E-state index in [2.05, 4.69) is 4.98 Å². The average Bonchev–Trinajstić information content (AvgIpc) is 3.41. The Morgan fingerprint density at radius 2 is 1.59 bits per heavy atom. The second kappa shape index (κ2) is 8.86. The number of amides is 2. The first-order valence-electron chi connectivity index (χ1n) is 10.9. The minimum absolute atomic E-state index is 0.134. The first kappa shape index (κ1) is 21.4. The molecular weight excluding hydrogens is 436 g/mol. The minimum Gasteiger partial charge on any atom is -0.459 e. The average molecular weight is 458 g/mol. The Hall–Kier alpha value is -4.40. The molecule has 0 unspecified atom stereocenters. The van der Waals surface area contributed by atoms with Crippen LogP contribution >= 0.6 is 0 Å². The highest BCUT2D eigenvalue weighted by molar-refractivity contribution is 5.95. The number of aromatic nitrogens is 2. The third-order valence-electron chi connectivity index (χ3n) is 6.01. The fraction of sp³-hybridized carbons (Fsp3) is 0.200. The summed E-state index contributed by atoms with van der Waals surface area (Å²) in [6, 6.07) is 17.3. The Morgan fingerprint density at radius 1 is 0.853 bits per heavy atom. The highest BCUT2D eigenvalue weighted by Gasteiger charge is 2.26. The summed E-state index contributed by atoms with van der Waals surface area (Å²) in [4.78, 5) is 55.9. The van der Waals surface area contributed by atoms with Gasteiger partial charge in [-0.15, -0.1) is 0 Å². The van der Waals surface area contributed by atoms with Crippen LogP contribution in [0.1, 0.15) is 26.5 Å². The summed E-state index contributed by atoms with van der Waals surface area (Å²) in [5, 5.41) is 0.427. The predicted octanol–water partition coefficient (Wildman–Crippen LogP) is 1.93. The summed E-state index contributed by atoms with van der Waals surface area (Å²) in [7, 11) is 0. The van der Waals surface area contributed by atoms with E-state index in [0.29, 0.717) is 42.6 Å². The molecule has 0 atom stereocenters. The molecule has 5 rings (SSSR count). The van der Waals surface area contributed by atoms with Gasteiger partial charge >= 0.3 is 5.69 Å². The summed E-state index contributed by atoms with van der Waals surface area (Å²) < 4.78 is 6.67. The van der Waals surface area contributed by atoms with Crippen molar-refractivity contribution in [3.8, 4) is 0 Å². The quantitative estimate of drug-likeness (QED) is 0.503. The maximum absolute atomic E-state index is 13.1. The van der Waals surface area contributed by atoms with Gasteiger partial charge in [-0.05, 0) is 42.0 Å². The molecule has 1 N–H and O–H groups in total. The summed E-state index contributed by atoms with van der Waals surface area (Å²) >= 11 is 0. The lowest BCUT2D eigenvalue weighted by Crippen LogP contribution is -2.50. The largest absolute Gasteiger partial charge is 0.459 e. The van der Waals surface area contributed by atoms with Crippen LogP contribution in [0.15, 0.2) is 80.9 Å². The van der Waals surface area contributed by atoms with Gasteiger partial charge in [0.25, 0.3) is 17.4 Å². The standard InChI is InChI=1S/C25H22N4O5/c30-22-19-7-1-2-8-20(19)29(25(33)26-22)16-17-5-3-6-18(15-17)23(31)27-10-12-28(13-11-27)24(32)21-9-4-14-34-21/h1-9,14-15H,10-13,16H2,(H,26,30,33). The van der Waals surface area contributed by atoms with Crippen molar-refractivity contribution < 1.29 is 14.0 Å². The zero-order valence-electron chi connectivity index (χ0n) is 18.3. The van der Waals surface area contributed by atoms with Gasteiger partial charge in [0.15, 0.2) is 5.76 Å². The second-order valence-corrected chi connectivity index (χ2v) is 8.12. The zero-order valence-corrected chi connectivity index (χ0v) is 18.3. The Kier molecular flexibility index (Phi) is 5.59. The van der Waals surface area contributed by atoms with Gasteiger partial charge in [-0.2, -0.15) is 0 Å². The number of rotatable bonds is 4. The van der Waals surface area contributed by atoms with Gasteiger partial charge < -0.3 is 14.2 Å². The number of carbonyl (C=O) groups is 2. The molecule has 2 amide bonds. The lowest BCUT2D eigenvalue weighted by molar-refractivity contribution is 0.0518. The number of hydrogen-bond donors (Lipinski definition) is 1. The van der Waals surface area contributed by atoms with Crippen molar-refractivity contribution in [2.45, 2.75) is 6.54 Å². The number of fused-ring (bicyclic) bond motifs is 1. The maximum Gasteiger partial charge on any atom is 0.329 e. The van der Waals surface area contributed by atoms with E-state index >= 15 is 0 Å². The molecule has 0 aliphatic carbocycles. The molecule has 2 aromatic heterocycles. The molecule has 9 nitrogen and oxygen atoms in total. The summed E-state index contributed by atoms with van der Waals surface area (Å²) in [5.41, 5.74) is 0.871.